The van der Waals surface area contributed by atoms with Crippen LogP contribution in [0.3, 0.4) is 0 Å². The molecule has 31 heavy (non-hydrogen) atoms. The van der Waals surface area contributed by atoms with Crippen LogP contribution in [0.1, 0.15) is 49.9 Å². The van der Waals surface area contributed by atoms with Gasteiger partial charge >= 0.3 is 5.97 Å². The topological polar surface area (TPSA) is 29.5 Å². The van der Waals surface area contributed by atoms with Gasteiger partial charge in [-0.2, -0.15) is 0 Å². The summed E-state index contributed by atoms with van der Waals surface area (Å²) >= 11 is 1.81. The number of carbonyl (C=O) groups excluding carboxylic acids is 1. The van der Waals surface area contributed by atoms with Crippen molar-refractivity contribution in [2.24, 2.45) is 0 Å². The monoisotopic (exact) mass is 431 g/mol. The van der Waals surface area contributed by atoms with Crippen molar-refractivity contribution >= 4 is 29.1 Å². The van der Waals surface area contributed by atoms with Crippen LogP contribution in [0.4, 0.5) is 11.4 Å². The molecule has 1 aliphatic rings. The highest BCUT2D eigenvalue weighted by Gasteiger charge is 2.24. The fourth-order valence-electron chi connectivity index (χ4n) is 4.06. The maximum Gasteiger partial charge on any atom is 0.338 e. The zero-order valence-corrected chi connectivity index (χ0v) is 19.1. The molecule has 3 aromatic rings. The molecule has 0 unspecified atom stereocenters. The number of para-hydroxylation sites is 1. The highest BCUT2D eigenvalue weighted by Crippen LogP contribution is 2.49. The van der Waals surface area contributed by atoms with Gasteiger partial charge in [0.1, 0.15) is 0 Å². The molecule has 1 aliphatic heterocycles. The van der Waals surface area contributed by atoms with E-state index in [1.54, 1.807) is 11.8 Å². The van der Waals surface area contributed by atoms with Crippen LogP contribution in [0.25, 0.3) is 11.1 Å². The Morgan fingerprint density at radius 2 is 1.65 bits per heavy atom. The summed E-state index contributed by atoms with van der Waals surface area (Å²) in [4.78, 5) is 17.4. The zero-order chi connectivity index (χ0) is 21.6. The molecule has 0 saturated heterocycles. The van der Waals surface area contributed by atoms with E-state index in [-0.39, 0.29) is 5.97 Å². The number of unbranched alkanes of at least 4 members (excludes halogenated alkanes) is 3. The Kier molecular flexibility index (Phi) is 6.98. The lowest BCUT2D eigenvalue weighted by Gasteiger charge is -2.33. The Morgan fingerprint density at radius 3 is 2.48 bits per heavy atom. The largest absolute Gasteiger partial charge is 0.462 e. The molecule has 3 nitrogen and oxygen atoms in total. The molecule has 4 rings (SSSR count). The first-order chi connectivity index (χ1) is 15.2. The van der Waals surface area contributed by atoms with Crippen LogP contribution in [-0.2, 0) is 4.74 Å². The number of nitrogens with zero attached hydrogens (tertiary/aromatic N) is 1. The van der Waals surface area contributed by atoms with Gasteiger partial charge in [0.15, 0.2) is 0 Å². The van der Waals surface area contributed by atoms with E-state index in [0.29, 0.717) is 12.2 Å². The second-order valence-electron chi connectivity index (χ2n) is 7.73. The number of fused-ring (bicyclic) bond motifs is 2. The van der Waals surface area contributed by atoms with Gasteiger partial charge in [0.25, 0.3) is 0 Å². The Morgan fingerprint density at radius 1 is 0.871 bits per heavy atom. The first-order valence-electron chi connectivity index (χ1n) is 11.2. The molecule has 0 spiro atoms. The standard InChI is InChI=1S/C27H29NO2S/c1-3-5-6-11-18-28-23-14-9-10-15-25(23)31-26-19-20(16-17-24(26)28)21-12-7-8-13-22(21)27(29)30-4-2/h7-10,12-17,19H,3-6,11,18H2,1-2H3. The molecule has 160 valence electrons. The Labute approximate surface area is 189 Å². The molecule has 0 aromatic heterocycles. The minimum atomic E-state index is -0.272. The molecular formula is C27H29NO2S. The third-order valence-electron chi connectivity index (χ3n) is 5.60. The van der Waals surface area contributed by atoms with Gasteiger partial charge in [-0.25, -0.2) is 4.79 Å². The molecule has 3 aromatic carbocycles. The number of benzene rings is 3. The van der Waals surface area contributed by atoms with E-state index in [2.05, 4.69) is 54.3 Å². The summed E-state index contributed by atoms with van der Waals surface area (Å²) in [6, 6.07) is 22.9. The third kappa shape index (κ3) is 4.64. The van der Waals surface area contributed by atoms with Crippen LogP contribution in [-0.4, -0.2) is 19.1 Å². The lowest BCUT2D eigenvalue weighted by atomic mass is 9.99. The van der Waals surface area contributed by atoms with Crippen molar-refractivity contribution in [2.75, 3.05) is 18.1 Å². The second kappa shape index (κ2) is 10.1. The number of anilines is 2. The van der Waals surface area contributed by atoms with Gasteiger partial charge in [-0.15, -0.1) is 0 Å². The van der Waals surface area contributed by atoms with Crippen LogP contribution in [0.5, 0.6) is 0 Å². The summed E-state index contributed by atoms with van der Waals surface area (Å²) < 4.78 is 5.28. The van der Waals surface area contributed by atoms with Crippen LogP contribution in [0, 0.1) is 0 Å². The van der Waals surface area contributed by atoms with Gasteiger partial charge < -0.3 is 9.64 Å². The molecular weight excluding hydrogens is 402 g/mol. The van der Waals surface area contributed by atoms with Crippen molar-refractivity contribution < 1.29 is 9.53 Å². The number of hydrogen-bond donors (Lipinski definition) is 0. The molecule has 1 heterocycles. The average Bonchev–Trinajstić information content (AvgIpc) is 2.81. The first kappa shape index (κ1) is 21.5. The van der Waals surface area contributed by atoms with Crippen molar-refractivity contribution in [1.29, 1.82) is 0 Å². The molecule has 0 N–H and O–H groups in total. The predicted molar refractivity (Wildman–Crippen MR) is 130 cm³/mol. The van der Waals surface area contributed by atoms with Gasteiger partial charge in [-0.3, -0.25) is 0 Å². The Balaban J connectivity index is 1.70. The van der Waals surface area contributed by atoms with E-state index in [9.17, 15) is 4.79 Å². The fourth-order valence-corrected chi connectivity index (χ4v) is 5.20. The van der Waals surface area contributed by atoms with Crippen molar-refractivity contribution in [3.63, 3.8) is 0 Å². The smallest absolute Gasteiger partial charge is 0.338 e. The highest BCUT2D eigenvalue weighted by atomic mass is 32.2. The van der Waals surface area contributed by atoms with Crippen molar-refractivity contribution in [1.82, 2.24) is 0 Å². The van der Waals surface area contributed by atoms with E-state index in [4.69, 9.17) is 4.74 Å². The molecule has 0 atom stereocenters. The summed E-state index contributed by atoms with van der Waals surface area (Å²) in [5.41, 5.74) is 5.11. The van der Waals surface area contributed by atoms with Gasteiger partial charge in [-0.05, 0) is 54.8 Å². The summed E-state index contributed by atoms with van der Waals surface area (Å²) in [7, 11) is 0. The summed E-state index contributed by atoms with van der Waals surface area (Å²) in [6.07, 6.45) is 4.95. The molecule has 0 fully saturated rings. The van der Waals surface area contributed by atoms with Gasteiger partial charge in [-0.1, -0.05) is 74.3 Å². The lowest BCUT2D eigenvalue weighted by molar-refractivity contribution is 0.0527. The van der Waals surface area contributed by atoms with Crippen LogP contribution in [0.2, 0.25) is 0 Å². The number of rotatable bonds is 8. The van der Waals surface area contributed by atoms with E-state index in [1.165, 1.54) is 46.8 Å². The maximum atomic E-state index is 12.5. The zero-order valence-electron chi connectivity index (χ0n) is 18.3. The second-order valence-corrected chi connectivity index (χ2v) is 8.81. The van der Waals surface area contributed by atoms with Crippen molar-refractivity contribution in [2.45, 2.75) is 49.3 Å². The third-order valence-corrected chi connectivity index (χ3v) is 6.71. The van der Waals surface area contributed by atoms with Gasteiger partial charge in [0, 0.05) is 16.3 Å². The van der Waals surface area contributed by atoms with Crippen molar-refractivity contribution in [3.8, 4) is 11.1 Å². The SMILES string of the molecule is CCCCCCN1c2ccccc2Sc2cc(-c3ccccc3C(=O)OCC)ccc21. The van der Waals surface area contributed by atoms with Crippen LogP contribution >= 0.6 is 11.8 Å². The normalized spacial score (nSPS) is 12.3. The molecule has 0 aliphatic carbocycles. The van der Waals surface area contributed by atoms with E-state index < -0.39 is 0 Å². The lowest BCUT2D eigenvalue weighted by Crippen LogP contribution is -2.22. The fraction of sp³-hybridized carbons (Fsp3) is 0.296. The minimum absolute atomic E-state index is 0.272. The summed E-state index contributed by atoms with van der Waals surface area (Å²) in [5, 5.41) is 0. The summed E-state index contributed by atoms with van der Waals surface area (Å²) in [6.45, 7) is 5.47. The molecule has 0 radical (unpaired) electrons. The molecule has 0 saturated carbocycles. The quantitative estimate of drug-likeness (QED) is 0.270. The van der Waals surface area contributed by atoms with Gasteiger partial charge in [0.05, 0.1) is 23.5 Å². The van der Waals surface area contributed by atoms with E-state index >= 15 is 0 Å². The Bertz CT molecular complexity index is 1060. The van der Waals surface area contributed by atoms with E-state index in [1.807, 2.05) is 31.2 Å². The maximum absolute atomic E-state index is 12.5. The molecule has 4 heteroatoms. The van der Waals surface area contributed by atoms with Crippen LogP contribution in [0.15, 0.2) is 76.5 Å². The van der Waals surface area contributed by atoms with E-state index in [0.717, 1.165) is 17.7 Å². The summed E-state index contributed by atoms with van der Waals surface area (Å²) in [5.74, 6) is -0.272. The number of ether oxygens (including phenoxy) is 1. The predicted octanol–water partition coefficient (Wildman–Crippen LogP) is 7.71. The minimum Gasteiger partial charge on any atom is -0.462 e. The van der Waals surface area contributed by atoms with Crippen LogP contribution < -0.4 is 4.90 Å². The van der Waals surface area contributed by atoms with Gasteiger partial charge in [0.2, 0.25) is 0 Å². The van der Waals surface area contributed by atoms with Crippen molar-refractivity contribution in [3.05, 3.63) is 72.3 Å². The average molecular weight is 432 g/mol. The number of carbonyl (C=O) groups is 1. The molecule has 0 bridgehead atoms. The number of esters is 1. The Hall–Kier alpha value is -2.72. The molecule has 0 amide bonds. The number of hydrogen-bond acceptors (Lipinski definition) is 4. The highest BCUT2D eigenvalue weighted by molar-refractivity contribution is 7.99. The first-order valence-corrected chi connectivity index (χ1v) is 12.0.